The summed E-state index contributed by atoms with van der Waals surface area (Å²) in [5.41, 5.74) is 3.27. The summed E-state index contributed by atoms with van der Waals surface area (Å²) in [7, 11) is -3.89. The van der Waals surface area contributed by atoms with E-state index in [1.54, 1.807) is 84.4 Å². The molecule has 0 unspecified atom stereocenters. The van der Waals surface area contributed by atoms with E-state index < -0.39 is 10.0 Å². The van der Waals surface area contributed by atoms with Crippen molar-refractivity contribution in [2.45, 2.75) is 11.8 Å². The Labute approximate surface area is 191 Å². The molecule has 0 bridgehead atoms. The van der Waals surface area contributed by atoms with Gasteiger partial charge in [-0.15, -0.1) is 0 Å². The standard InChI is InChI=1S/C24H19N5O3S/c1-16-13-23(29(28-16)20-6-4-5-17(14-20)15-25)27-24(30)19-11-9-18(10-12-19)21-7-2-3-8-22(21)33(26,31)32/h2-14H,1H3,(H,27,30)(H2,26,31,32). The Balaban J connectivity index is 1.61. The van der Waals surface area contributed by atoms with Crippen molar-refractivity contribution in [2.24, 2.45) is 5.14 Å². The Hall–Kier alpha value is -4.26. The van der Waals surface area contributed by atoms with Gasteiger partial charge in [-0.25, -0.2) is 18.2 Å². The molecule has 33 heavy (non-hydrogen) atoms. The van der Waals surface area contributed by atoms with Gasteiger partial charge in [-0.05, 0) is 48.9 Å². The number of primary sulfonamides is 1. The molecule has 8 nitrogen and oxygen atoms in total. The van der Waals surface area contributed by atoms with Crippen molar-refractivity contribution in [1.82, 2.24) is 9.78 Å². The first-order valence-electron chi connectivity index (χ1n) is 9.87. The Morgan fingerprint density at radius 2 is 1.76 bits per heavy atom. The number of aromatic nitrogens is 2. The lowest BCUT2D eigenvalue weighted by Gasteiger charge is -2.11. The highest BCUT2D eigenvalue weighted by Gasteiger charge is 2.16. The van der Waals surface area contributed by atoms with Crippen molar-refractivity contribution in [3.8, 4) is 22.9 Å². The molecule has 0 atom stereocenters. The van der Waals surface area contributed by atoms with Crippen LogP contribution in [-0.2, 0) is 10.0 Å². The zero-order valence-electron chi connectivity index (χ0n) is 17.6. The molecule has 0 aliphatic heterocycles. The van der Waals surface area contributed by atoms with Crippen LogP contribution in [0.5, 0.6) is 0 Å². The first kappa shape index (κ1) is 22.0. The van der Waals surface area contributed by atoms with E-state index in [0.29, 0.717) is 39.5 Å². The van der Waals surface area contributed by atoms with Gasteiger partial charge in [0.15, 0.2) is 0 Å². The molecule has 3 aromatic carbocycles. The number of nitriles is 1. The number of anilines is 1. The van der Waals surface area contributed by atoms with Crippen LogP contribution in [0.2, 0.25) is 0 Å². The normalized spacial score (nSPS) is 11.1. The van der Waals surface area contributed by atoms with Gasteiger partial charge in [-0.2, -0.15) is 10.4 Å². The van der Waals surface area contributed by atoms with Crippen molar-refractivity contribution < 1.29 is 13.2 Å². The number of carbonyl (C=O) groups excluding carboxylic acids is 1. The van der Waals surface area contributed by atoms with Crippen LogP contribution in [0.25, 0.3) is 16.8 Å². The third-order valence-electron chi connectivity index (χ3n) is 4.94. The molecule has 3 N–H and O–H groups in total. The minimum Gasteiger partial charge on any atom is -0.306 e. The number of nitrogens with two attached hydrogens (primary N) is 1. The first-order chi connectivity index (χ1) is 15.8. The zero-order chi connectivity index (χ0) is 23.6. The molecular weight excluding hydrogens is 438 g/mol. The summed E-state index contributed by atoms with van der Waals surface area (Å²) < 4.78 is 25.3. The largest absolute Gasteiger partial charge is 0.306 e. The molecule has 0 fully saturated rings. The minimum absolute atomic E-state index is 0.0150. The average molecular weight is 458 g/mol. The van der Waals surface area contributed by atoms with Crippen LogP contribution in [-0.4, -0.2) is 24.1 Å². The fourth-order valence-corrected chi connectivity index (χ4v) is 4.20. The maximum absolute atomic E-state index is 12.9. The Morgan fingerprint density at radius 3 is 2.45 bits per heavy atom. The summed E-state index contributed by atoms with van der Waals surface area (Å²) in [4.78, 5) is 12.9. The Bertz CT molecular complexity index is 1500. The number of hydrogen-bond acceptors (Lipinski definition) is 5. The molecule has 164 valence electrons. The van der Waals surface area contributed by atoms with Gasteiger partial charge in [-0.3, -0.25) is 4.79 Å². The summed E-state index contributed by atoms with van der Waals surface area (Å²) in [6, 6.07) is 23.7. The van der Waals surface area contributed by atoms with Crippen molar-refractivity contribution in [1.29, 1.82) is 5.26 Å². The Morgan fingerprint density at radius 1 is 1.03 bits per heavy atom. The SMILES string of the molecule is Cc1cc(NC(=O)c2ccc(-c3ccccc3S(N)(=O)=O)cc2)n(-c2cccc(C#N)c2)n1. The summed E-state index contributed by atoms with van der Waals surface area (Å²) in [5, 5.41) is 21.7. The molecule has 1 heterocycles. The predicted octanol–water partition coefficient (Wildman–Crippen LogP) is 3.62. The second kappa shape index (κ2) is 8.70. The quantitative estimate of drug-likeness (QED) is 0.473. The molecule has 0 saturated carbocycles. The number of sulfonamides is 1. The molecule has 9 heteroatoms. The van der Waals surface area contributed by atoms with E-state index in [-0.39, 0.29) is 10.8 Å². The van der Waals surface area contributed by atoms with Gasteiger partial charge in [0.2, 0.25) is 10.0 Å². The number of rotatable bonds is 5. The highest BCUT2D eigenvalue weighted by molar-refractivity contribution is 7.89. The van der Waals surface area contributed by atoms with E-state index in [4.69, 9.17) is 10.4 Å². The van der Waals surface area contributed by atoms with E-state index >= 15 is 0 Å². The van der Waals surface area contributed by atoms with Gasteiger partial charge < -0.3 is 5.32 Å². The summed E-state index contributed by atoms with van der Waals surface area (Å²) in [5.74, 6) is 0.0927. The number of nitrogens with zero attached hydrogens (tertiary/aromatic N) is 3. The topological polar surface area (TPSA) is 131 Å². The third kappa shape index (κ3) is 4.67. The first-order valence-corrected chi connectivity index (χ1v) is 11.4. The molecule has 4 rings (SSSR count). The van der Waals surface area contributed by atoms with Crippen LogP contribution >= 0.6 is 0 Å². The summed E-state index contributed by atoms with van der Waals surface area (Å²) in [6.45, 7) is 1.80. The minimum atomic E-state index is -3.89. The fraction of sp³-hybridized carbons (Fsp3) is 0.0417. The van der Waals surface area contributed by atoms with Crippen molar-refractivity contribution in [3.05, 3.63) is 95.7 Å². The maximum Gasteiger partial charge on any atom is 0.256 e. The van der Waals surface area contributed by atoms with Crippen molar-refractivity contribution >= 4 is 21.7 Å². The van der Waals surface area contributed by atoms with Gasteiger partial charge in [0.05, 0.1) is 27.9 Å². The van der Waals surface area contributed by atoms with Gasteiger partial charge in [-0.1, -0.05) is 36.4 Å². The molecule has 0 spiro atoms. The van der Waals surface area contributed by atoms with E-state index in [9.17, 15) is 13.2 Å². The molecule has 4 aromatic rings. The summed E-state index contributed by atoms with van der Waals surface area (Å²) >= 11 is 0. The number of nitrogens with one attached hydrogen (secondary N) is 1. The molecule has 0 aliphatic carbocycles. The molecule has 1 aromatic heterocycles. The van der Waals surface area contributed by atoms with Crippen LogP contribution in [0.1, 0.15) is 21.6 Å². The van der Waals surface area contributed by atoms with Crippen LogP contribution < -0.4 is 10.5 Å². The van der Waals surface area contributed by atoms with E-state index in [0.717, 1.165) is 0 Å². The molecule has 0 aliphatic rings. The lowest BCUT2D eigenvalue weighted by molar-refractivity contribution is 0.102. The number of benzene rings is 3. The predicted molar refractivity (Wildman–Crippen MR) is 124 cm³/mol. The molecular formula is C24H19N5O3S. The van der Waals surface area contributed by atoms with Crippen LogP contribution in [0.15, 0.2) is 83.8 Å². The highest BCUT2D eigenvalue weighted by Crippen LogP contribution is 2.27. The second-order valence-electron chi connectivity index (χ2n) is 7.32. The van der Waals surface area contributed by atoms with E-state index in [1.165, 1.54) is 6.07 Å². The zero-order valence-corrected chi connectivity index (χ0v) is 18.4. The second-order valence-corrected chi connectivity index (χ2v) is 8.85. The highest BCUT2D eigenvalue weighted by atomic mass is 32.2. The van der Waals surface area contributed by atoms with Gasteiger partial charge in [0, 0.05) is 17.2 Å². The van der Waals surface area contributed by atoms with Crippen LogP contribution in [0.3, 0.4) is 0 Å². The van der Waals surface area contributed by atoms with E-state index in [1.807, 2.05) is 0 Å². The maximum atomic E-state index is 12.9. The number of hydrogen-bond donors (Lipinski definition) is 2. The van der Waals surface area contributed by atoms with Gasteiger partial charge in [0.1, 0.15) is 5.82 Å². The Kier molecular flexibility index (Phi) is 5.79. The van der Waals surface area contributed by atoms with Crippen molar-refractivity contribution in [3.63, 3.8) is 0 Å². The molecule has 0 radical (unpaired) electrons. The smallest absolute Gasteiger partial charge is 0.256 e. The number of amides is 1. The third-order valence-corrected chi connectivity index (χ3v) is 5.91. The lowest BCUT2D eigenvalue weighted by atomic mass is 10.0. The lowest BCUT2D eigenvalue weighted by Crippen LogP contribution is -2.15. The molecule has 0 saturated heterocycles. The van der Waals surface area contributed by atoms with Crippen LogP contribution in [0, 0.1) is 18.3 Å². The number of carbonyl (C=O) groups is 1. The summed E-state index contributed by atoms with van der Waals surface area (Å²) in [6.07, 6.45) is 0. The molecule has 1 amide bonds. The average Bonchev–Trinajstić information content (AvgIpc) is 3.18. The van der Waals surface area contributed by atoms with Crippen LogP contribution in [0.4, 0.5) is 5.82 Å². The fourth-order valence-electron chi connectivity index (χ4n) is 3.44. The monoisotopic (exact) mass is 457 g/mol. The number of aryl methyl sites for hydroxylation is 1. The van der Waals surface area contributed by atoms with E-state index in [2.05, 4.69) is 16.5 Å². The van der Waals surface area contributed by atoms with Crippen molar-refractivity contribution in [2.75, 3.05) is 5.32 Å². The van der Waals surface area contributed by atoms with Gasteiger partial charge >= 0.3 is 0 Å². The van der Waals surface area contributed by atoms with Gasteiger partial charge in [0.25, 0.3) is 5.91 Å².